The molecule has 0 aliphatic carbocycles. The van der Waals surface area contributed by atoms with Crippen LogP contribution in [-0.4, -0.2) is 50.9 Å². The van der Waals surface area contributed by atoms with Gasteiger partial charge in [-0.05, 0) is 52.7 Å². The Bertz CT molecular complexity index is 1120. The molecule has 2 amide bonds. The number of hydrogen-bond acceptors (Lipinski definition) is 6. The van der Waals surface area contributed by atoms with E-state index in [1.54, 1.807) is 47.0 Å². The van der Waals surface area contributed by atoms with Crippen LogP contribution in [0.3, 0.4) is 0 Å². The first-order chi connectivity index (χ1) is 14.9. The minimum Gasteiger partial charge on any atom is -0.349 e. The average molecular weight is 521 g/mol. The number of thioether (sulfide) groups is 1. The zero-order valence-corrected chi connectivity index (χ0v) is 19.7. The molecule has 1 saturated heterocycles. The van der Waals surface area contributed by atoms with Crippen LogP contribution in [0.4, 0.5) is 4.39 Å². The molecule has 10 heteroatoms. The van der Waals surface area contributed by atoms with E-state index in [0.29, 0.717) is 34.2 Å². The molecule has 0 unspecified atom stereocenters. The second-order valence-corrected chi connectivity index (χ2v) is 9.92. The van der Waals surface area contributed by atoms with Gasteiger partial charge in [-0.25, -0.2) is 14.4 Å². The summed E-state index contributed by atoms with van der Waals surface area (Å²) in [5, 5.41) is 3.64. The largest absolute Gasteiger partial charge is 0.349 e. The Hall–Kier alpha value is -2.30. The lowest BCUT2D eigenvalue weighted by atomic mass is 10.1. The van der Waals surface area contributed by atoms with Crippen molar-refractivity contribution in [3.8, 4) is 10.4 Å². The molecule has 1 fully saturated rings. The number of nitrogens with one attached hydrogen (secondary N) is 1. The monoisotopic (exact) mass is 520 g/mol. The highest BCUT2D eigenvalue weighted by atomic mass is 79.9. The predicted molar refractivity (Wildman–Crippen MR) is 124 cm³/mol. The molecule has 2 aromatic heterocycles. The number of hydrogen-bond donors (Lipinski definition) is 1. The maximum absolute atomic E-state index is 13.3. The van der Waals surface area contributed by atoms with Gasteiger partial charge in [0, 0.05) is 12.3 Å². The summed E-state index contributed by atoms with van der Waals surface area (Å²) in [5.74, 6) is 0.432. The molecule has 0 bridgehead atoms. The van der Waals surface area contributed by atoms with Crippen molar-refractivity contribution in [2.24, 2.45) is 0 Å². The molecular weight excluding hydrogens is 503 g/mol. The highest BCUT2D eigenvalue weighted by molar-refractivity contribution is 9.10. The summed E-state index contributed by atoms with van der Waals surface area (Å²) in [5.41, 5.74) is 1.43. The maximum Gasteiger partial charge on any atom is 0.275 e. The average Bonchev–Trinajstić information content (AvgIpc) is 3.38. The van der Waals surface area contributed by atoms with Gasteiger partial charge in [0.05, 0.1) is 21.8 Å². The van der Waals surface area contributed by atoms with Gasteiger partial charge in [-0.2, -0.15) is 0 Å². The molecule has 4 rings (SSSR count). The van der Waals surface area contributed by atoms with E-state index in [-0.39, 0.29) is 23.7 Å². The van der Waals surface area contributed by atoms with Crippen LogP contribution in [-0.2, 0) is 0 Å². The number of thiazole rings is 1. The van der Waals surface area contributed by atoms with Crippen LogP contribution < -0.4 is 5.32 Å². The number of pyridine rings is 1. The van der Waals surface area contributed by atoms with Gasteiger partial charge in [0.25, 0.3) is 11.8 Å². The number of aryl methyl sites for hydroxylation is 1. The van der Waals surface area contributed by atoms with Crippen LogP contribution in [0.5, 0.6) is 0 Å². The van der Waals surface area contributed by atoms with Crippen molar-refractivity contribution in [2.45, 2.75) is 13.0 Å². The zero-order valence-electron chi connectivity index (χ0n) is 16.5. The second kappa shape index (κ2) is 9.46. The van der Waals surface area contributed by atoms with Crippen molar-refractivity contribution in [1.29, 1.82) is 0 Å². The third-order valence-electron chi connectivity index (χ3n) is 4.73. The van der Waals surface area contributed by atoms with Gasteiger partial charge in [-0.1, -0.05) is 18.2 Å². The predicted octanol–water partition coefficient (Wildman–Crippen LogP) is 4.36. The Kier molecular flexibility index (Phi) is 6.68. The smallest absolute Gasteiger partial charge is 0.275 e. The molecule has 1 aliphatic heterocycles. The fourth-order valence-electron chi connectivity index (χ4n) is 3.22. The van der Waals surface area contributed by atoms with Crippen LogP contribution >= 0.6 is 39.0 Å². The fourth-order valence-corrected chi connectivity index (χ4v) is 5.68. The lowest BCUT2D eigenvalue weighted by Gasteiger charge is -2.23. The first-order valence-electron chi connectivity index (χ1n) is 9.45. The molecule has 1 aromatic carbocycles. The molecule has 160 valence electrons. The highest BCUT2D eigenvalue weighted by Crippen LogP contribution is 2.33. The number of halogens is 2. The third kappa shape index (κ3) is 4.97. The first kappa shape index (κ1) is 21.9. The van der Waals surface area contributed by atoms with Crippen molar-refractivity contribution in [3.63, 3.8) is 0 Å². The van der Waals surface area contributed by atoms with Gasteiger partial charge in [-0.15, -0.1) is 23.1 Å². The van der Waals surface area contributed by atoms with E-state index in [2.05, 4.69) is 31.2 Å². The number of carbonyl (C=O) groups is 2. The lowest BCUT2D eigenvalue weighted by molar-refractivity contribution is 0.0731. The van der Waals surface area contributed by atoms with Gasteiger partial charge >= 0.3 is 0 Å². The molecule has 31 heavy (non-hydrogen) atoms. The molecule has 0 saturated carbocycles. The van der Waals surface area contributed by atoms with Crippen molar-refractivity contribution in [1.82, 2.24) is 20.2 Å². The summed E-state index contributed by atoms with van der Waals surface area (Å²) in [4.78, 5) is 36.8. The molecular formula is C21H18BrFN4O2S2. The summed E-state index contributed by atoms with van der Waals surface area (Å²) in [7, 11) is 0. The van der Waals surface area contributed by atoms with Crippen molar-refractivity contribution >= 4 is 50.8 Å². The normalized spacial score (nSPS) is 15.8. The van der Waals surface area contributed by atoms with Gasteiger partial charge in [-0.3, -0.25) is 9.59 Å². The third-order valence-corrected chi connectivity index (χ3v) is 7.27. The second-order valence-electron chi connectivity index (χ2n) is 6.90. The Morgan fingerprint density at radius 2 is 2.00 bits per heavy atom. The molecule has 0 radical (unpaired) electrons. The number of carbonyl (C=O) groups excluding carboxylic acids is 2. The van der Waals surface area contributed by atoms with E-state index in [9.17, 15) is 14.0 Å². The van der Waals surface area contributed by atoms with Crippen molar-refractivity contribution < 1.29 is 14.0 Å². The molecule has 0 spiro atoms. The summed E-state index contributed by atoms with van der Waals surface area (Å²) >= 11 is 6.30. The number of nitrogens with zero attached hydrogens (tertiary/aromatic N) is 3. The Labute approximate surface area is 195 Å². The fraction of sp³-hybridized carbons (Fsp3) is 0.238. The van der Waals surface area contributed by atoms with Crippen LogP contribution in [0.1, 0.15) is 26.0 Å². The van der Waals surface area contributed by atoms with E-state index in [1.165, 1.54) is 23.5 Å². The summed E-state index contributed by atoms with van der Waals surface area (Å²) in [6.07, 6.45) is 0. The lowest BCUT2D eigenvalue weighted by Crippen LogP contribution is -2.44. The maximum atomic E-state index is 13.3. The van der Waals surface area contributed by atoms with Gasteiger partial charge in [0.15, 0.2) is 0 Å². The van der Waals surface area contributed by atoms with Crippen LogP contribution in [0.25, 0.3) is 10.4 Å². The summed E-state index contributed by atoms with van der Waals surface area (Å²) in [6.45, 7) is 2.16. The Balaban J connectivity index is 1.49. The number of benzene rings is 1. The van der Waals surface area contributed by atoms with Gasteiger partial charge < -0.3 is 10.2 Å². The standard InChI is InChI=1S/C21H18BrFN4O2S2/c1-12-25-18(19(31-12)13-5-7-14(23)8-6-13)21(29)27-11-30-10-15(27)9-24-20(28)16-3-2-4-17(22)26-16/h2-8,15H,9-11H2,1H3,(H,24,28)/t15-/m1/s1. The number of rotatable bonds is 5. The van der Waals surface area contributed by atoms with Crippen molar-refractivity contribution in [3.05, 3.63) is 69.3 Å². The minimum atomic E-state index is -0.329. The van der Waals surface area contributed by atoms with Gasteiger partial charge in [0.1, 0.15) is 21.8 Å². The van der Waals surface area contributed by atoms with Crippen LogP contribution in [0.2, 0.25) is 0 Å². The van der Waals surface area contributed by atoms with E-state index >= 15 is 0 Å². The summed E-state index contributed by atoms with van der Waals surface area (Å²) < 4.78 is 13.9. The Morgan fingerprint density at radius 3 is 2.74 bits per heavy atom. The van der Waals surface area contributed by atoms with E-state index < -0.39 is 0 Å². The van der Waals surface area contributed by atoms with E-state index in [1.807, 2.05) is 6.92 Å². The van der Waals surface area contributed by atoms with Gasteiger partial charge in [0.2, 0.25) is 0 Å². The quantitative estimate of drug-likeness (QED) is 0.505. The van der Waals surface area contributed by atoms with E-state index in [0.717, 1.165) is 15.4 Å². The molecule has 3 heterocycles. The van der Waals surface area contributed by atoms with Crippen molar-refractivity contribution in [2.75, 3.05) is 18.2 Å². The van der Waals surface area contributed by atoms with E-state index in [4.69, 9.17) is 0 Å². The molecule has 1 atom stereocenters. The SMILES string of the molecule is Cc1nc(C(=O)N2CSC[C@H]2CNC(=O)c2cccc(Br)n2)c(-c2ccc(F)cc2)s1. The number of aromatic nitrogens is 2. The van der Waals surface area contributed by atoms with Crippen LogP contribution in [0.15, 0.2) is 47.1 Å². The molecule has 1 N–H and O–H groups in total. The Morgan fingerprint density at radius 1 is 1.23 bits per heavy atom. The molecule has 6 nitrogen and oxygen atoms in total. The topological polar surface area (TPSA) is 75.2 Å². The first-order valence-corrected chi connectivity index (χ1v) is 12.2. The summed E-state index contributed by atoms with van der Waals surface area (Å²) in [6, 6.07) is 11.0. The highest BCUT2D eigenvalue weighted by Gasteiger charge is 2.33. The number of amides is 2. The minimum absolute atomic E-state index is 0.156. The molecule has 3 aromatic rings. The molecule has 1 aliphatic rings. The van der Waals surface area contributed by atoms with Crippen LogP contribution in [0, 0.1) is 12.7 Å². The zero-order chi connectivity index (χ0) is 22.0.